The first kappa shape index (κ1) is 21.2. The Kier molecular flexibility index (Phi) is 6.52. The number of carbonyl (C=O) groups excluding carboxylic acids is 1. The van der Waals surface area contributed by atoms with Gasteiger partial charge in [-0.05, 0) is 48.9 Å². The van der Waals surface area contributed by atoms with Crippen LogP contribution in [0.5, 0.6) is 5.75 Å². The molecule has 4 aromatic rings. The maximum absolute atomic E-state index is 12.4. The first-order valence-corrected chi connectivity index (χ1v) is 10.7. The smallest absolute Gasteiger partial charge is 0.264 e. The molecular formula is C24H20N4O3S. The molecule has 0 unspecified atom stereocenters. The Hall–Kier alpha value is -4.04. The Balaban J connectivity index is 1.38. The third-order valence-electron chi connectivity index (χ3n) is 4.44. The topological polar surface area (TPSA) is 97.0 Å². The highest BCUT2D eigenvalue weighted by atomic mass is 32.1. The number of H-pyrrole nitrogens is 1. The number of aromatic amines is 1. The number of rotatable bonds is 7. The zero-order valence-electron chi connectivity index (χ0n) is 17.2. The van der Waals surface area contributed by atoms with E-state index in [-0.39, 0.29) is 11.5 Å². The number of aromatic nitrogens is 3. The fourth-order valence-electron chi connectivity index (χ4n) is 2.96. The maximum Gasteiger partial charge on any atom is 0.264 e. The average molecular weight is 445 g/mol. The Morgan fingerprint density at radius 3 is 2.81 bits per heavy atom. The molecule has 0 aliphatic heterocycles. The van der Waals surface area contributed by atoms with Crippen LogP contribution in [0.1, 0.15) is 16.3 Å². The lowest BCUT2D eigenvalue weighted by Crippen LogP contribution is -2.08. The molecule has 7 nitrogen and oxygen atoms in total. The minimum absolute atomic E-state index is 0.263. The SMILES string of the molecule is Cc1nc(COc2cccc(/C=C/C(=O)Nc3cccc(-c4ccc(=O)[nH]n4)c3)c2)cs1. The van der Waals surface area contributed by atoms with E-state index in [1.807, 2.05) is 48.7 Å². The summed E-state index contributed by atoms with van der Waals surface area (Å²) in [6.45, 7) is 2.36. The molecule has 2 aromatic heterocycles. The summed E-state index contributed by atoms with van der Waals surface area (Å²) in [4.78, 5) is 27.9. The highest BCUT2D eigenvalue weighted by Gasteiger charge is 2.04. The van der Waals surface area contributed by atoms with Gasteiger partial charge in [-0.2, -0.15) is 5.10 Å². The highest BCUT2D eigenvalue weighted by molar-refractivity contribution is 7.09. The van der Waals surface area contributed by atoms with Crippen LogP contribution in [0.3, 0.4) is 0 Å². The van der Waals surface area contributed by atoms with Crippen molar-refractivity contribution in [3.05, 3.63) is 98.7 Å². The number of nitrogens with zero attached hydrogens (tertiary/aromatic N) is 2. The van der Waals surface area contributed by atoms with E-state index in [0.717, 1.165) is 21.8 Å². The molecule has 1 amide bonds. The summed E-state index contributed by atoms with van der Waals surface area (Å²) in [5.74, 6) is 0.445. The second-order valence-electron chi connectivity index (χ2n) is 6.93. The second kappa shape index (κ2) is 9.84. The molecule has 0 aliphatic carbocycles. The molecule has 0 bridgehead atoms. The Bertz CT molecular complexity index is 1310. The maximum atomic E-state index is 12.4. The minimum Gasteiger partial charge on any atom is -0.487 e. The van der Waals surface area contributed by atoms with E-state index in [1.165, 1.54) is 12.1 Å². The molecule has 0 fully saturated rings. The summed E-state index contributed by atoms with van der Waals surface area (Å²) in [6.07, 6.45) is 3.19. The van der Waals surface area contributed by atoms with Crippen molar-refractivity contribution in [1.82, 2.24) is 15.2 Å². The van der Waals surface area contributed by atoms with Crippen LogP contribution < -0.4 is 15.6 Å². The number of hydrogen-bond donors (Lipinski definition) is 2. The van der Waals surface area contributed by atoms with Gasteiger partial charge in [0.25, 0.3) is 5.56 Å². The zero-order valence-corrected chi connectivity index (χ0v) is 18.1. The first-order chi connectivity index (χ1) is 15.5. The third kappa shape index (κ3) is 5.77. The number of anilines is 1. The normalized spacial score (nSPS) is 10.9. The molecule has 4 rings (SSSR count). The van der Waals surface area contributed by atoms with Crippen LogP contribution in [-0.4, -0.2) is 21.1 Å². The molecule has 0 radical (unpaired) electrons. The van der Waals surface area contributed by atoms with Crippen LogP contribution in [0.25, 0.3) is 17.3 Å². The molecule has 2 heterocycles. The lowest BCUT2D eigenvalue weighted by atomic mass is 10.1. The summed E-state index contributed by atoms with van der Waals surface area (Å²) < 4.78 is 5.79. The fraction of sp³-hybridized carbons (Fsp3) is 0.0833. The van der Waals surface area contributed by atoms with E-state index < -0.39 is 0 Å². The molecular weight excluding hydrogens is 424 g/mol. The van der Waals surface area contributed by atoms with Gasteiger partial charge in [0, 0.05) is 28.8 Å². The van der Waals surface area contributed by atoms with Gasteiger partial charge in [0.05, 0.1) is 16.4 Å². The number of carbonyl (C=O) groups is 1. The molecule has 160 valence electrons. The molecule has 2 N–H and O–H groups in total. The fourth-order valence-corrected chi connectivity index (χ4v) is 3.55. The van der Waals surface area contributed by atoms with Gasteiger partial charge < -0.3 is 10.1 Å². The van der Waals surface area contributed by atoms with Gasteiger partial charge in [-0.1, -0.05) is 24.3 Å². The lowest BCUT2D eigenvalue weighted by molar-refractivity contribution is -0.111. The molecule has 0 atom stereocenters. The highest BCUT2D eigenvalue weighted by Crippen LogP contribution is 2.20. The van der Waals surface area contributed by atoms with Crippen LogP contribution >= 0.6 is 11.3 Å². The monoisotopic (exact) mass is 444 g/mol. The molecule has 0 saturated heterocycles. The molecule has 2 aromatic carbocycles. The number of ether oxygens (including phenoxy) is 1. The predicted molar refractivity (Wildman–Crippen MR) is 126 cm³/mol. The molecule has 0 aliphatic rings. The van der Waals surface area contributed by atoms with E-state index in [2.05, 4.69) is 20.5 Å². The first-order valence-electron chi connectivity index (χ1n) is 9.84. The van der Waals surface area contributed by atoms with Crippen LogP contribution in [0.4, 0.5) is 5.69 Å². The van der Waals surface area contributed by atoms with Crippen molar-refractivity contribution >= 4 is 29.0 Å². The summed E-state index contributed by atoms with van der Waals surface area (Å²) in [5.41, 5.74) is 3.49. The zero-order chi connectivity index (χ0) is 22.3. The summed E-state index contributed by atoms with van der Waals surface area (Å²) >= 11 is 1.59. The molecule has 32 heavy (non-hydrogen) atoms. The predicted octanol–water partition coefficient (Wildman–Crippen LogP) is 4.43. The molecule has 0 spiro atoms. The second-order valence-corrected chi connectivity index (χ2v) is 7.99. The van der Waals surface area contributed by atoms with E-state index in [4.69, 9.17) is 4.74 Å². The Morgan fingerprint density at radius 2 is 2.03 bits per heavy atom. The van der Waals surface area contributed by atoms with Gasteiger partial charge in [-0.3, -0.25) is 9.59 Å². The standard InChI is InChI=1S/C24H20N4O3S/c1-16-25-20(15-32-16)14-31-21-7-2-4-17(12-21)8-10-23(29)26-19-6-3-5-18(13-19)22-9-11-24(30)28-27-22/h2-13,15H,14H2,1H3,(H,26,29)(H,28,30)/b10-8+. The third-order valence-corrected chi connectivity index (χ3v) is 5.27. The van der Waals surface area contributed by atoms with E-state index in [1.54, 1.807) is 35.6 Å². The number of hydrogen-bond acceptors (Lipinski definition) is 6. The van der Waals surface area contributed by atoms with Crippen LogP contribution in [0.2, 0.25) is 0 Å². The number of nitrogens with one attached hydrogen (secondary N) is 2. The van der Waals surface area contributed by atoms with Gasteiger partial charge in [0.15, 0.2) is 0 Å². The van der Waals surface area contributed by atoms with Crippen LogP contribution in [-0.2, 0) is 11.4 Å². The Morgan fingerprint density at radius 1 is 1.16 bits per heavy atom. The molecule has 0 saturated carbocycles. The van der Waals surface area contributed by atoms with E-state index in [9.17, 15) is 9.59 Å². The Labute approximate surface area is 188 Å². The van der Waals surface area contributed by atoms with Crippen molar-refractivity contribution in [1.29, 1.82) is 0 Å². The van der Waals surface area contributed by atoms with Crippen molar-refractivity contribution in [3.63, 3.8) is 0 Å². The summed E-state index contributed by atoms with van der Waals surface area (Å²) in [6, 6.07) is 17.8. The van der Waals surface area contributed by atoms with Gasteiger partial charge in [-0.15, -0.1) is 11.3 Å². The van der Waals surface area contributed by atoms with Gasteiger partial charge in [0.1, 0.15) is 12.4 Å². The van der Waals surface area contributed by atoms with Crippen molar-refractivity contribution in [2.24, 2.45) is 0 Å². The van der Waals surface area contributed by atoms with Crippen molar-refractivity contribution in [2.45, 2.75) is 13.5 Å². The van der Waals surface area contributed by atoms with Crippen LogP contribution in [0.15, 0.2) is 76.9 Å². The average Bonchev–Trinajstić information content (AvgIpc) is 3.22. The minimum atomic E-state index is -0.268. The quantitative estimate of drug-likeness (QED) is 0.411. The number of benzene rings is 2. The number of thiazole rings is 1. The molecule has 8 heteroatoms. The van der Waals surface area contributed by atoms with Crippen molar-refractivity contribution in [2.75, 3.05) is 5.32 Å². The van der Waals surface area contributed by atoms with E-state index >= 15 is 0 Å². The van der Waals surface area contributed by atoms with Crippen molar-refractivity contribution in [3.8, 4) is 17.0 Å². The van der Waals surface area contributed by atoms with Gasteiger partial charge in [-0.25, -0.2) is 10.1 Å². The van der Waals surface area contributed by atoms with Gasteiger partial charge in [0.2, 0.25) is 5.91 Å². The number of aryl methyl sites for hydroxylation is 1. The largest absolute Gasteiger partial charge is 0.487 e. The number of amides is 1. The van der Waals surface area contributed by atoms with Crippen molar-refractivity contribution < 1.29 is 9.53 Å². The summed E-state index contributed by atoms with van der Waals surface area (Å²) in [7, 11) is 0. The van der Waals surface area contributed by atoms with Gasteiger partial charge >= 0.3 is 0 Å². The lowest BCUT2D eigenvalue weighted by Gasteiger charge is -2.06. The van der Waals surface area contributed by atoms with Crippen LogP contribution in [0, 0.1) is 6.92 Å². The summed E-state index contributed by atoms with van der Waals surface area (Å²) in [5, 5.41) is 12.2. The van der Waals surface area contributed by atoms with E-state index in [0.29, 0.717) is 23.7 Å².